The molecule has 1 heterocycles. The minimum atomic E-state index is 0.0843. The van der Waals surface area contributed by atoms with Crippen LogP contribution in [0, 0.1) is 13.8 Å². The van der Waals surface area contributed by atoms with Crippen molar-refractivity contribution < 1.29 is 4.42 Å². The highest BCUT2D eigenvalue weighted by Gasteiger charge is 2.14. The highest BCUT2D eigenvalue weighted by molar-refractivity contribution is 5.35. The summed E-state index contributed by atoms with van der Waals surface area (Å²) in [6.45, 7) is 4.23. The molecule has 0 aliphatic rings. The molecule has 3 N–H and O–H groups in total. The van der Waals surface area contributed by atoms with Crippen molar-refractivity contribution in [2.75, 3.05) is 0 Å². The molecule has 2 rings (SSSR count). The zero-order chi connectivity index (χ0) is 12.3. The van der Waals surface area contributed by atoms with E-state index >= 15 is 0 Å². The third-order valence-corrected chi connectivity index (χ3v) is 3.21. The fraction of sp³-hybridized carbons (Fsp3) is 0.286. The number of benzene rings is 1. The Balaban J connectivity index is 2.26. The van der Waals surface area contributed by atoms with Gasteiger partial charge in [-0.05, 0) is 42.7 Å². The zero-order valence-corrected chi connectivity index (χ0v) is 10.2. The third-order valence-electron chi connectivity index (χ3n) is 3.21. The number of hydrogen-bond donors (Lipinski definition) is 2. The second-order valence-electron chi connectivity index (χ2n) is 4.29. The summed E-state index contributed by atoms with van der Waals surface area (Å²) in [5.74, 6) is 6.59. The van der Waals surface area contributed by atoms with Crippen molar-refractivity contribution in [2.24, 2.45) is 5.84 Å². The summed E-state index contributed by atoms with van der Waals surface area (Å²) in [4.78, 5) is 0. The molecule has 0 amide bonds. The second kappa shape index (κ2) is 5.17. The molecular formula is C14H18N2O. The van der Waals surface area contributed by atoms with E-state index in [0.29, 0.717) is 0 Å². The zero-order valence-electron chi connectivity index (χ0n) is 10.2. The monoisotopic (exact) mass is 230 g/mol. The van der Waals surface area contributed by atoms with Crippen LogP contribution in [0.15, 0.2) is 41.0 Å². The molecule has 0 radical (unpaired) electrons. The van der Waals surface area contributed by atoms with Crippen molar-refractivity contribution in [1.82, 2.24) is 5.43 Å². The van der Waals surface area contributed by atoms with Crippen molar-refractivity contribution in [1.29, 1.82) is 0 Å². The first-order valence-corrected chi connectivity index (χ1v) is 5.77. The molecule has 3 heteroatoms. The van der Waals surface area contributed by atoms with E-state index < -0.39 is 0 Å². The van der Waals surface area contributed by atoms with E-state index in [1.54, 1.807) is 6.26 Å². The summed E-state index contributed by atoms with van der Waals surface area (Å²) in [6, 6.07) is 10.2. The molecule has 0 fully saturated rings. The van der Waals surface area contributed by atoms with E-state index in [1.807, 2.05) is 12.1 Å². The lowest BCUT2D eigenvalue weighted by Gasteiger charge is -2.18. The van der Waals surface area contributed by atoms with Crippen molar-refractivity contribution in [3.8, 4) is 0 Å². The standard InChI is InChI=1S/C14H18N2O/c1-10-5-3-7-13(11(10)2)14(16-15)9-12-6-4-8-17-12/h3-8,14,16H,9,15H2,1-2H3. The number of hydrazine groups is 1. The molecule has 0 spiro atoms. The third kappa shape index (κ3) is 2.57. The van der Waals surface area contributed by atoms with Crippen molar-refractivity contribution in [3.63, 3.8) is 0 Å². The molecule has 1 atom stereocenters. The molecule has 3 nitrogen and oxygen atoms in total. The molecule has 1 aromatic heterocycles. The van der Waals surface area contributed by atoms with Crippen LogP contribution in [-0.2, 0) is 6.42 Å². The maximum absolute atomic E-state index is 5.65. The average molecular weight is 230 g/mol. The lowest BCUT2D eigenvalue weighted by Crippen LogP contribution is -2.30. The number of furan rings is 1. The van der Waals surface area contributed by atoms with Gasteiger partial charge in [-0.2, -0.15) is 0 Å². The number of hydrogen-bond acceptors (Lipinski definition) is 3. The van der Waals surface area contributed by atoms with Gasteiger partial charge in [0.2, 0.25) is 0 Å². The van der Waals surface area contributed by atoms with Crippen molar-refractivity contribution >= 4 is 0 Å². The number of rotatable bonds is 4. The Bertz CT molecular complexity index is 477. The summed E-state index contributed by atoms with van der Waals surface area (Å²) in [5.41, 5.74) is 6.65. The fourth-order valence-electron chi connectivity index (χ4n) is 2.04. The predicted molar refractivity (Wildman–Crippen MR) is 68.4 cm³/mol. The van der Waals surface area contributed by atoms with Crippen LogP contribution in [0.4, 0.5) is 0 Å². The van der Waals surface area contributed by atoms with Crippen LogP contribution in [0.2, 0.25) is 0 Å². The molecule has 1 aromatic carbocycles. The Morgan fingerprint density at radius 1 is 1.24 bits per heavy atom. The van der Waals surface area contributed by atoms with Crippen molar-refractivity contribution in [2.45, 2.75) is 26.3 Å². The molecule has 0 bridgehead atoms. The first-order chi connectivity index (χ1) is 8.22. The van der Waals surface area contributed by atoms with Crippen molar-refractivity contribution in [3.05, 3.63) is 59.0 Å². The van der Waals surface area contributed by atoms with Gasteiger partial charge in [0.15, 0.2) is 0 Å². The summed E-state index contributed by atoms with van der Waals surface area (Å²) in [7, 11) is 0. The Hall–Kier alpha value is -1.58. The van der Waals surface area contributed by atoms with Crippen LogP contribution in [0.25, 0.3) is 0 Å². The Labute approximate surface area is 102 Å². The first kappa shape index (κ1) is 11.9. The molecule has 2 aromatic rings. The van der Waals surface area contributed by atoms with Crippen LogP contribution >= 0.6 is 0 Å². The molecule has 0 aliphatic carbocycles. The molecule has 90 valence electrons. The van der Waals surface area contributed by atoms with Gasteiger partial charge in [-0.15, -0.1) is 0 Å². The summed E-state index contributed by atoms with van der Waals surface area (Å²) in [6.07, 6.45) is 2.44. The largest absolute Gasteiger partial charge is 0.469 e. The summed E-state index contributed by atoms with van der Waals surface area (Å²) >= 11 is 0. The van der Waals surface area contributed by atoms with Gasteiger partial charge < -0.3 is 4.42 Å². The van der Waals surface area contributed by atoms with E-state index in [9.17, 15) is 0 Å². The molecule has 0 aliphatic heterocycles. The fourth-order valence-corrected chi connectivity index (χ4v) is 2.04. The van der Waals surface area contributed by atoms with Crippen LogP contribution in [0.3, 0.4) is 0 Å². The van der Waals surface area contributed by atoms with E-state index in [0.717, 1.165) is 12.2 Å². The Morgan fingerprint density at radius 3 is 2.71 bits per heavy atom. The smallest absolute Gasteiger partial charge is 0.105 e. The van der Waals surface area contributed by atoms with E-state index in [-0.39, 0.29) is 6.04 Å². The van der Waals surface area contributed by atoms with Gasteiger partial charge in [-0.1, -0.05) is 18.2 Å². The maximum atomic E-state index is 5.65. The maximum Gasteiger partial charge on any atom is 0.105 e. The van der Waals surface area contributed by atoms with Gasteiger partial charge >= 0.3 is 0 Å². The highest BCUT2D eigenvalue weighted by Crippen LogP contribution is 2.23. The van der Waals surface area contributed by atoms with Crippen LogP contribution in [-0.4, -0.2) is 0 Å². The molecule has 1 unspecified atom stereocenters. The predicted octanol–water partition coefficient (Wildman–Crippen LogP) is 2.64. The van der Waals surface area contributed by atoms with E-state index in [4.69, 9.17) is 10.3 Å². The minimum absolute atomic E-state index is 0.0843. The second-order valence-corrected chi connectivity index (χ2v) is 4.29. The van der Waals surface area contributed by atoms with E-state index in [1.165, 1.54) is 16.7 Å². The van der Waals surface area contributed by atoms with Crippen LogP contribution in [0.1, 0.15) is 28.5 Å². The quantitative estimate of drug-likeness (QED) is 0.627. The van der Waals surface area contributed by atoms with Gasteiger partial charge in [0.1, 0.15) is 5.76 Å². The highest BCUT2D eigenvalue weighted by atomic mass is 16.3. The SMILES string of the molecule is Cc1cccc(C(Cc2ccco2)NN)c1C. The molecule has 0 saturated carbocycles. The molecular weight excluding hydrogens is 212 g/mol. The number of aryl methyl sites for hydroxylation is 1. The average Bonchev–Trinajstić information content (AvgIpc) is 2.83. The Morgan fingerprint density at radius 2 is 2.06 bits per heavy atom. The summed E-state index contributed by atoms with van der Waals surface area (Å²) in [5, 5.41) is 0. The summed E-state index contributed by atoms with van der Waals surface area (Å²) < 4.78 is 5.36. The van der Waals surface area contributed by atoms with Crippen LogP contribution in [0.5, 0.6) is 0 Å². The lowest BCUT2D eigenvalue weighted by molar-refractivity contribution is 0.454. The van der Waals surface area contributed by atoms with Gasteiger partial charge in [0, 0.05) is 6.42 Å². The number of nitrogens with one attached hydrogen (secondary N) is 1. The van der Waals surface area contributed by atoms with Gasteiger partial charge in [0.05, 0.1) is 12.3 Å². The Kier molecular flexibility index (Phi) is 3.61. The van der Waals surface area contributed by atoms with Gasteiger partial charge in [-0.25, -0.2) is 0 Å². The molecule has 0 saturated heterocycles. The topological polar surface area (TPSA) is 51.2 Å². The molecule has 17 heavy (non-hydrogen) atoms. The lowest BCUT2D eigenvalue weighted by atomic mass is 9.95. The van der Waals surface area contributed by atoms with E-state index in [2.05, 4.69) is 37.5 Å². The normalized spacial score (nSPS) is 12.6. The number of nitrogens with two attached hydrogens (primary N) is 1. The van der Waals surface area contributed by atoms with Gasteiger partial charge in [0.25, 0.3) is 0 Å². The first-order valence-electron chi connectivity index (χ1n) is 5.77. The van der Waals surface area contributed by atoms with Crippen LogP contribution < -0.4 is 11.3 Å². The minimum Gasteiger partial charge on any atom is -0.469 e. The van der Waals surface area contributed by atoms with Gasteiger partial charge in [-0.3, -0.25) is 11.3 Å².